The number of nitrogens with one attached hydrogen (secondary N) is 1. The molecule has 0 aromatic carbocycles. The Kier molecular flexibility index (Phi) is 5.61. The van der Waals surface area contributed by atoms with Crippen molar-refractivity contribution in [3.05, 3.63) is 17.3 Å². The predicted octanol–water partition coefficient (Wildman–Crippen LogP) is 2.28. The molecule has 0 aliphatic rings. The fourth-order valence-corrected chi connectivity index (χ4v) is 3.48. The minimum absolute atomic E-state index is 0.440. The molecule has 5 nitrogen and oxygen atoms in total. The third kappa shape index (κ3) is 3.56. The molecular weight excluding hydrogens is 282 g/mol. The lowest BCUT2D eigenvalue weighted by molar-refractivity contribution is 0.372. The van der Waals surface area contributed by atoms with E-state index in [1.807, 2.05) is 0 Å². The number of hydrogen-bond donors (Lipinski definition) is 1. The molecule has 0 bridgehead atoms. The minimum atomic E-state index is 0.440. The molecule has 1 atom stereocenters. The van der Waals surface area contributed by atoms with Crippen LogP contribution in [0.25, 0.3) is 4.96 Å². The lowest BCUT2D eigenvalue weighted by atomic mass is 10.2. The summed E-state index contributed by atoms with van der Waals surface area (Å²) in [6.45, 7) is 10.4. The maximum atomic E-state index is 4.87. The van der Waals surface area contributed by atoms with Crippen LogP contribution in [0, 0.1) is 0 Å². The topological polar surface area (TPSA) is 35.8 Å². The number of thiazole rings is 1. The quantitative estimate of drug-likeness (QED) is 0.811. The van der Waals surface area contributed by atoms with Crippen molar-refractivity contribution in [1.82, 2.24) is 19.6 Å². The first-order chi connectivity index (χ1) is 10.1. The number of likely N-dealkylation sites (N-methyl/N-ethyl adjacent to an activating group) is 2. The van der Waals surface area contributed by atoms with Crippen LogP contribution in [-0.4, -0.2) is 54.1 Å². The number of anilines is 1. The zero-order valence-corrected chi connectivity index (χ0v) is 14.6. The molecule has 1 unspecified atom stereocenters. The van der Waals surface area contributed by atoms with E-state index in [4.69, 9.17) is 4.98 Å². The fraction of sp³-hybridized carbons (Fsp3) is 0.667. The van der Waals surface area contributed by atoms with E-state index >= 15 is 0 Å². The van der Waals surface area contributed by atoms with E-state index in [2.05, 4.69) is 66.0 Å². The first-order valence-electron chi connectivity index (χ1n) is 7.64. The van der Waals surface area contributed by atoms with Gasteiger partial charge in [-0.1, -0.05) is 6.92 Å². The molecule has 2 rings (SSSR count). The van der Waals surface area contributed by atoms with Crippen LogP contribution >= 0.6 is 11.3 Å². The molecule has 1 N–H and O–H groups in total. The second kappa shape index (κ2) is 7.24. The summed E-state index contributed by atoms with van der Waals surface area (Å²) < 4.78 is 2.22. The Hall–Kier alpha value is -1.11. The van der Waals surface area contributed by atoms with Gasteiger partial charge in [-0.05, 0) is 34.5 Å². The Morgan fingerprint density at radius 1 is 1.38 bits per heavy atom. The average Bonchev–Trinajstić information content (AvgIpc) is 2.98. The number of fused-ring (bicyclic) bond motifs is 1. The van der Waals surface area contributed by atoms with Gasteiger partial charge in [-0.25, -0.2) is 4.98 Å². The van der Waals surface area contributed by atoms with E-state index in [0.717, 1.165) is 37.0 Å². The van der Waals surface area contributed by atoms with E-state index in [0.29, 0.717) is 6.04 Å². The molecule has 0 saturated carbocycles. The summed E-state index contributed by atoms with van der Waals surface area (Å²) >= 11 is 1.70. The highest BCUT2D eigenvalue weighted by Crippen LogP contribution is 2.26. The molecule has 2 heterocycles. The molecule has 0 spiro atoms. The first-order valence-corrected chi connectivity index (χ1v) is 8.52. The molecule has 2 aromatic heterocycles. The number of imidazole rings is 1. The van der Waals surface area contributed by atoms with Crippen molar-refractivity contribution >= 4 is 22.1 Å². The summed E-state index contributed by atoms with van der Waals surface area (Å²) in [7, 11) is 4.24. The van der Waals surface area contributed by atoms with Crippen LogP contribution in [0.2, 0.25) is 0 Å². The highest BCUT2D eigenvalue weighted by Gasteiger charge is 2.22. The summed E-state index contributed by atoms with van der Waals surface area (Å²) in [5.41, 5.74) is 1.26. The van der Waals surface area contributed by atoms with E-state index < -0.39 is 0 Å². The van der Waals surface area contributed by atoms with Gasteiger partial charge < -0.3 is 15.1 Å². The van der Waals surface area contributed by atoms with Crippen molar-refractivity contribution in [1.29, 1.82) is 0 Å². The molecule has 0 aliphatic heterocycles. The predicted molar refractivity (Wildman–Crippen MR) is 91.5 cm³/mol. The van der Waals surface area contributed by atoms with Crippen LogP contribution in [0.5, 0.6) is 0 Å². The zero-order valence-electron chi connectivity index (χ0n) is 13.8. The summed E-state index contributed by atoms with van der Waals surface area (Å²) in [5.74, 6) is 1.12. The van der Waals surface area contributed by atoms with Gasteiger partial charge in [0, 0.05) is 37.3 Å². The molecule has 2 aromatic rings. The molecule has 0 fully saturated rings. The third-order valence-electron chi connectivity index (χ3n) is 3.66. The van der Waals surface area contributed by atoms with Crippen molar-refractivity contribution < 1.29 is 0 Å². The normalized spacial score (nSPS) is 13.2. The van der Waals surface area contributed by atoms with Gasteiger partial charge in [0.15, 0.2) is 10.8 Å². The van der Waals surface area contributed by atoms with Gasteiger partial charge in [0.2, 0.25) is 0 Å². The molecule has 21 heavy (non-hydrogen) atoms. The third-order valence-corrected chi connectivity index (χ3v) is 4.41. The van der Waals surface area contributed by atoms with Gasteiger partial charge in [0.05, 0.1) is 5.69 Å². The molecule has 0 amide bonds. The zero-order chi connectivity index (χ0) is 15.4. The maximum Gasteiger partial charge on any atom is 0.195 e. The van der Waals surface area contributed by atoms with Crippen LogP contribution in [-0.2, 0) is 6.54 Å². The maximum absolute atomic E-state index is 4.87. The van der Waals surface area contributed by atoms with Gasteiger partial charge >= 0.3 is 0 Å². The second-order valence-electron chi connectivity index (χ2n) is 5.62. The largest absolute Gasteiger partial charge is 0.351 e. The number of rotatable bonds is 8. The fourth-order valence-electron chi connectivity index (χ4n) is 2.76. The monoisotopic (exact) mass is 309 g/mol. The SMILES string of the molecule is CCNCc1c(N(CC)C(C)CN(C)C)nc2sccn12. The van der Waals surface area contributed by atoms with Crippen LogP contribution in [0.15, 0.2) is 11.6 Å². The Balaban J connectivity index is 2.34. The molecule has 0 aliphatic carbocycles. The van der Waals surface area contributed by atoms with Gasteiger partial charge in [0.25, 0.3) is 0 Å². The smallest absolute Gasteiger partial charge is 0.195 e. The van der Waals surface area contributed by atoms with Gasteiger partial charge in [-0.15, -0.1) is 11.3 Å². The summed E-state index contributed by atoms with van der Waals surface area (Å²) in [6.07, 6.45) is 2.12. The van der Waals surface area contributed by atoms with Crippen LogP contribution in [0.3, 0.4) is 0 Å². The Morgan fingerprint density at radius 3 is 2.76 bits per heavy atom. The van der Waals surface area contributed by atoms with E-state index in [-0.39, 0.29) is 0 Å². The lowest BCUT2D eigenvalue weighted by Crippen LogP contribution is -2.41. The molecule has 118 valence electrons. The van der Waals surface area contributed by atoms with Crippen molar-refractivity contribution in [3.8, 4) is 0 Å². The molecule has 6 heteroatoms. The van der Waals surface area contributed by atoms with Crippen molar-refractivity contribution in [2.45, 2.75) is 33.4 Å². The highest BCUT2D eigenvalue weighted by atomic mass is 32.1. The standard InChI is InChI=1S/C15H27N5S/c1-6-16-10-13-14(17-15-20(13)8-9-21-15)19(7-2)12(3)11-18(4)5/h8-9,12,16H,6-7,10-11H2,1-5H3. The van der Waals surface area contributed by atoms with Gasteiger partial charge in [-0.2, -0.15) is 0 Å². The minimum Gasteiger partial charge on any atom is -0.351 e. The summed E-state index contributed by atoms with van der Waals surface area (Å²) in [6, 6.07) is 0.440. The molecular formula is C15H27N5S. The Bertz CT molecular complexity index is 559. The average molecular weight is 309 g/mol. The van der Waals surface area contributed by atoms with E-state index in [1.54, 1.807) is 11.3 Å². The van der Waals surface area contributed by atoms with E-state index in [1.165, 1.54) is 5.69 Å². The lowest BCUT2D eigenvalue weighted by Gasteiger charge is -2.31. The number of hydrogen-bond acceptors (Lipinski definition) is 5. The van der Waals surface area contributed by atoms with Gasteiger partial charge in [0.1, 0.15) is 0 Å². The van der Waals surface area contributed by atoms with Crippen LogP contribution in [0.4, 0.5) is 5.82 Å². The van der Waals surface area contributed by atoms with E-state index in [9.17, 15) is 0 Å². The second-order valence-corrected chi connectivity index (χ2v) is 6.49. The summed E-state index contributed by atoms with van der Waals surface area (Å²) in [4.78, 5) is 10.6. The summed E-state index contributed by atoms with van der Waals surface area (Å²) in [5, 5.41) is 5.54. The molecule has 0 saturated heterocycles. The highest BCUT2D eigenvalue weighted by molar-refractivity contribution is 7.15. The number of nitrogens with zero attached hydrogens (tertiary/aromatic N) is 4. The number of aromatic nitrogens is 2. The van der Waals surface area contributed by atoms with Crippen molar-refractivity contribution in [2.24, 2.45) is 0 Å². The van der Waals surface area contributed by atoms with Crippen molar-refractivity contribution in [2.75, 3.05) is 38.6 Å². The molecule has 0 radical (unpaired) electrons. The van der Waals surface area contributed by atoms with Crippen LogP contribution < -0.4 is 10.2 Å². The first kappa shape index (κ1) is 16.3. The van der Waals surface area contributed by atoms with Crippen molar-refractivity contribution in [3.63, 3.8) is 0 Å². The Labute approximate surface area is 131 Å². The van der Waals surface area contributed by atoms with Gasteiger partial charge in [-0.3, -0.25) is 4.40 Å². The Morgan fingerprint density at radius 2 is 2.14 bits per heavy atom. The van der Waals surface area contributed by atoms with Crippen LogP contribution in [0.1, 0.15) is 26.5 Å².